The van der Waals surface area contributed by atoms with Crippen LogP contribution in [0.3, 0.4) is 0 Å². The van der Waals surface area contributed by atoms with E-state index in [2.05, 4.69) is 4.74 Å². The minimum absolute atomic E-state index is 0.186. The second-order valence-corrected chi connectivity index (χ2v) is 7.66. The molecule has 0 aliphatic rings. The molecule has 1 aromatic carbocycles. The Kier molecular flexibility index (Phi) is 4.10. The zero-order valence-electron chi connectivity index (χ0n) is 12.2. The molecule has 0 heterocycles. The molecule has 4 nitrogen and oxygen atoms in total. The summed E-state index contributed by atoms with van der Waals surface area (Å²) in [6.45, 7) is 7.59. The van der Waals surface area contributed by atoms with Crippen molar-refractivity contribution in [3.8, 4) is 0 Å². The van der Waals surface area contributed by atoms with Gasteiger partial charge in [0.2, 0.25) is 0 Å². The lowest BCUT2D eigenvalue weighted by Gasteiger charge is -2.23. The van der Waals surface area contributed by atoms with Crippen LogP contribution < -0.4 is 0 Å². The number of sulfone groups is 1. The van der Waals surface area contributed by atoms with E-state index < -0.39 is 15.8 Å². The Bertz CT molecular complexity index is 607. The SMILES string of the molecule is COC(=O)c1cc(S(C)(=O)=O)c(C(C)(C)C)cc1C. The first-order valence-electron chi connectivity index (χ1n) is 5.92. The van der Waals surface area contributed by atoms with Gasteiger partial charge in [0.1, 0.15) is 0 Å². The van der Waals surface area contributed by atoms with Gasteiger partial charge in [-0.2, -0.15) is 0 Å². The van der Waals surface area contributed by atoms with Crippen molar-refractivity contribution in [3.63, 3.8) is 0 Å². The molecule has 1 rings (SSSR count). The van der Waals surface area contributed by atoms with Gasteiger partial charge in [0, 0.05) is 6.26 Å². The summed E-state index contributed by atoms with van der Waals surface area (Å²) in [5.74, 6) is -0.525. The van der Waals surface area contributed by atoms with Gasteiger partial charge in [0.05, 0.1) is 17.6 Å². The van der Waals surface area contributed by atoms with Gasteiger partial charge in [-0.15, -0.1) is 0 Å². The van der Waals surface area contributed by atoms with Gasteiger partial charge in [-0.1, -0.05) is 26.8 Å². The summed E-state index contributed by atoms with van der Waals surface area (Å²) in [5, 5.41) is 0. The van der Waals surface area contributed by atoms with Crippen LogP contribution in [0.15, 0.2) is 17.0 Å². The molecule has 0 aromatic heterocycles. The summed E-state index contributed by atoms with van der Waals surface area (Å²) < 4.78 is 28.5. The predicted octanol–water partition coefficient (Wildman–Crippen LogP) is 2.48. The molecule has 0 unspecified atom stereocenters. The fourth-order valence-electron chi connectivity index (χ4n) is 1.91. The highest BCUT2D eigenvalue weighted by molar-refractivity contribution is 7.90. The number of hydrogen-bond donors (Lipinski definition) is 0. The smallest absolute Gasteiger partial charge is 0.338 e. The Morgan fingerprint density at radius 3 is 2.11 bits per heavy atom. The molecular weight excluding hydrogens is 264 g/mol. The quantitative estimate of drug-likeness (QED) is 0.783. The topological polar surface area (TPSA) is 60.4 Å². The van der Waals surface area contributed by atoms with Crippen molar-refractivity contribution in [2.45, 2.75) is 38.0 Å². The van der Waals surface area contributed by atoms with Crippen LogP contribution in [0.2, 0.25) is 0 Å². The van der Waals surface area contributed by atoms with Gasteiger partial charge < -0.3 is 4.74 Å². The van der Waals surface area contributed by atoms with Crippen LogP contribution >= 0.6 is 0 Å². The van der Waals surface area contributed by atoms with Gasteiger partial charge in [-0.3, -0.25) is 0 Å². The summed E-state index contributed by atoms with van der Waals surface area (Å²) in [4.78, 5) is 11.8. The third-order valence-corrected chi connectivity index (χ3v) is 4.08. The van der Waals surface area contributed by atoms with Gasteiger partial charge in [-0.05, 0) is 29.5 Å². The summed E-state index contributed by atoms with van der Waals surface area (Å²) in [6.07, 6.45) is 1.15. The molecule has 1 aromatic rings. The second-order valence-electron chi connectivity index (χ2n) is 5.68. The van der Waals surface area contributed by atoms with Crippen molar-refractivity contribution in [2.24, 2.45) is 0 Å². The molecule has 0 aliphatic heterocycles. The fourth-order valence-corrected chi connectivity index (χ4v) is 3.01. The second kappa shape index (κ2) is 4.96. The van der Waals surface area contributed by atoms with Crippen LogP contribution in [-0.2, 0) is 20.0 Å². The minimum Gasteiger partial charge on any atom is -0.465 e. The first kappa shape index (κ1) is 15.7. The van der Waals surface area contributed by atoms with E-state index in [-0.39, 0.29) is 15.9 Å². The number of ether oxygens (including phenoxy) is 1. The molecule has 0 N–H and O–H groups in total. The monoisotopic (exact) mass is 284 g/mol. The van der Waals surface area contributed by atoms with Crippen LogP contribution in [-0.4, -0.2) is 27.8 Å². The van der Waals surface area contributed by atoms with Crippen molar-refractivity contribution in [1.82, 2.24) is 0 Å². The number of carbonyl (C=O) groups excluding carboxylic acids is 1. The highest BCUT2D eigenvalue weighted by atomic mass is 32.2. The summed E-state index contributed by atoms with van der Waals surface area (Å²) in [5.41, 5.74) is 1.39. The lowest BCUT2D eigenvalue weighted by molar-refractivity contribution is 0.0599. The molecule has 0 atom stereocenters. The average Bonchev–Trinajstić information content (AvgIpc) is 2.24. The van der Waals surface area contributed by atoms with Gasteiger partial charge in [-0.25, -0.2) is 13.2 Å². The van der Waals surface area contributed by atoms with E-state index in [1.54, 1.807) is 13.0 Å². The van der Waals surface area contributed by atoms with E-state index in [1.165, 1.54) is 13.2 Å². The molecule has 0 fully saturated rings. The zero-order valence-corrected chi connectivity index (χ0v) is 13.0. The highest BCUT2D eigenvalue weighted by Gasteiger charge is 2.26. The molecule has 0 amide bonds. The number of esters is 1. The maximum absolute atomic E-state index is 11.9. The van der Waals surface area contributed by atoms with E-state index in [0.717, 1.165) is 6.26 Å². The molecule has 0 spiro atoms. The Morgan fingerprint density at radius 2 is 1.74 bits per heavy atom. The molecule has 0 radical (unpaired) electrons. The summed E-state index contributed by atoms with van der Waals surface area (Å²) in [7, 11) is -2.13. The summed E-state index contributed by atoms with van der Waals surface area (Å²) >= 11 is 0. The number of rotatable bonds is 2. The van der Waals surface area contributed by atoms with Crippen molar-refractivity contribution < 1.29 is 17.9 Å². The fraction of sp³-hybridized carbons (Fsp3) is 0.500. The van der Waals surface area contributed by atoms with E-state index in [4.69, 9.17) is 0 Å². The third-order valence-electron chi connectivity index (χ3n) is 2.94. The van der Waals surface area contributed by atoms with Crippen LogP contribution in [0, 0.1) is 6.92 Å². The minimum atomic E-state index is -3.41. The standard InChI is InChI=1S/C14H20O4S/c1-9-7-11(14(2,3)4)12(19(6,16)17)8-10(9)13(15)18-5/h7-8H,1-6H3. The van der Waals surface area contributed by atoms with E-state index in [1.807, 2.05) is 20.8 Å². The molecule has 19 heavy (non-hydrogen) atoms. The molecule has 0 bridgehead atoms. The first-order chi connectivity index (χ1) is 8.48. The van der Waals surface area contributed by atoms with Crippen molar-refractivity contribution in [2.75, 3.05) is 13.4 Å². The van der Waals surface area contributed by atoms with Crippen LogP contribution in [0.25, 0.3) is 0 Å². The maximum Gasteiger partial charge on any atom is 0.338 e. The Morgan fingerprint density at radius 1 is 1.21 bits per heavy atom. The molecule has 0 saturated carbocycles. The Labute approximate surface area is 114 Å². The van der Waals surface area contributed by atoms with Crippen LogP contribution in [0.4, 0.5) is 0 Å². The van der Waals surface area contributed by atoms with Crippen molar-refractivity contribution >= 4 is 15.8 Å². The maximum atomic E-state index is 11.9. The first-order valence-corrected chi connectivity index (χ1v) is 7.81. The van der Waals surface area contributed by atoms with E-state index in [9.17, 15) is 13.2 Å². The molecule has 106 valence electrons. The normalized spacial score (nSPS) is 12.3. The Hall–Kier alpha value is -1.36. The number of carbonyl (C=O) groups is 1. The van der Waals surface area contributed by atoms with Crippen LogP contribution in [0.1, 0.15) is 42.3 Å². The van der Waals surface area contributed by atoms with Crippen molar-refractivity contribution in [3.05, 3.63) is 28.8 Å². The number of hydrogen-bond acceptors (Lipinski definition) is 4. The van der Waals surface area contributed by atoms with E-state index in [0.29, 0.717) is 11.1 Å². The zero-order chi connectivity index (χ0) is 15.0. The third kappa shape index (κ3) is 3.35. The van der Waals surface area contributed by atoms with Crippen LogP contribution in [0.5, 0.6) is 0 Å². The van der Waals surface area contributed by atoms with Gasteiger partial charge in [0.25, 0.3) is 0 Å². The molecule has 5 heteroatoms. The number of aryl methyl sites for hydroxylation is 1. The predicted molar refractivity (Wildman–Crippen MR) is 74.3 cm³/mol. The van der Waals surface area contributed by atoms with Crippen molar-refractivity contribution in [1.29, 1.82) is 0 Å². The number of methoxy groups -OCH3 is 1. The number of benzene rings is 1. The Balaban J connectivity index is 3.71. The van der Waals surface area contributed by atoms with Gasteiger partial charge in [0.15, 0.2) is 9.84 Å². The molecule has 0 aliphatic carbocycles. The lowest BCUT2D eigenvalue weighted by atomic mass is 9.85. The summed E-state index contributed by atoms with van der Waals surface area (Å²) in [6, 6.07) is 3.17. The highest BCUT2D eigenvalue weighted by Crippen LogP contribution is 2.31. The molecule has 0 saturated heterocycles. The van der Waals surface area contributed by atoms with E-state index >= 15 is 0 Å². The lowest BCUT2D eigenvalue weighted by Crippen LogP contribution is -2.18. The largest absolute Gasteiger partial charge is 0.465 e. The van der Waals surface area contributed by atoms with Gasteiger partial charge >= 0.3 is 5.97 Å². The molecular formula is C14H20O4S. The average molecular weight is 284 g/mol.